The first kappa shape index (κ1) is 16.2. The van der Waals surface area contributed by atoms with Gasteiger partial charge in [-0.15, -0.1) is 11.3 Å². The van der Waals surface area contributed by atoms with Gasteiger partial charge in [0.2, 0.25) is 0 Å². The Bertz CT molecular complexity index is 416. The van der Waals surface area contributed by atoms with E-state index in [0.29, 0.717) is 6.04 Å². The first-order valence-electron chi connectivity index (χ1n) is 7.13. The number of hydrogen-bond acceptors (Lipinski definition) is 3. The number of rotatable bonds is 7. The van der Waals surface area contributed by atoms with Crippen molar-refractivity contribution < 1.29 is 5.11 Å². The lowest BCUT2D eigenvalue weighted by atomic mass is 10.1. The Morgan fingerprint density at radius 3 is 2.84 bits per heavy atom. The monoisotopic (exact) mass is 279 g/mol. The van der Waals surface area contributed by atoms with E-state index in [9.17, 15) is 0 Å². The lowest BCUT2D eigenvalue weighted by Crippen LogP contribution is -2.32. The highest BCUT2D eigenvalue weighted by molar-refractivity contribution is 7.10. The number of unbranched alkanes of at least 4 members (excludes halogenated alkanes) is 1. The third kappa shape index (κ3) is 5.36. The molecule has 106 valence electrons. The van der Waals surface area contributed by atoms with Crippen molar-refractivity contribution in [2.75, 3.05) is 13.2 Å². The van der Waals surface area contributed by atoms with Crippen LogP contribution in [0.2, 0.25) is 0 Å². The molecule has 1 atom stereocenters. The molecule has 0 fully saturated rings. The van der Waals surface area contributed by atoms with Gasteiger partial charge in [-0.05, 0) is 37.8 Å². The van der Waals surface area contributed by atoms with Crippen LogP contribution in [0, 0.1) is 11.8 Å². The summed E-state index contributed by atoms with van der Waals surface area (Å²) in [6.07, 6.45) is 3.65. The maximum atomic E-state index is 8.80. The fraction of sp³-hybridized carbons (Fsp3) is 0.625. The Morgan fingerprint density at radius 1 is 1.42 bits per heavy atom. The van der Waals surface area contributed by atoms with Gasteiger partial charge < -0.3 is 5.11 Å². The van der Waals surface area contributed by atoms with Crippen LogP contribution in [0.25, 0.3) is 0 Å². The molecule has 0 aromatic carbocycles. The van der Waals surface area contributed by atoms with Crippen LogP contribution in [0.4, 0.5) is 0 Å². The summed E-state index contributed by atoms with van der Waals surface area (Å²) in [5.74, 6) is 5.79. The lowest BCUT2D eigenvalue weighted by Gasteiger charge is -2.28. The van der Waals surface area contributed by atoms with E-state index in [0.717, 1.165) is 18.7 Å². The van der Waals surface area contributed by atoms with Crippen LogP contribution in [-0.4, -0.2) is 29.2 Å². The second kappa shape index (κ2) is 9.14. The second-order valence-electron chi connectivity index (χ2n) is 4.80. The number of nitrogens with zero attached hydrogens (tertiary/aromatic N) is 1. The van der Waals surface area contributed by atoms with Crippen molar-refractivity contribution in [2.24, 2.45) is 0 Å². The first-order chi connectivity index (χ1) is 9.22. The highest BCUT2D eigenvalue weighted by atomic mass is 32.1. The minimum absolute atomic E-state index is 0.0692. The summed E-state index contributed by atoms with van der Waals surface area (Å²) in [6, 6.07) is 2.66. The van der Waals surface area contributed by atoms with Crippen molar-refractivity contribution >= 4 is 11.3 Å². The Labute approximate surface area is 121 Å². The molecule has 1 aromatic rings. The van der Waals surface area contributed by atoms with E-state index < -0.39 is 0 Å². The molecule has 0 amide bonds. The molecular formula is C16H25NOS. The predicted octanol–water partition coefficient (Wildman–Crippen LogP) is 3.49. The zero-order chi connectivity index (χ0) is 14.1. The van der Waals surface area contributed by atoms with Crippen LogP contribution in [0.1, 0.15) is 50.5 Å². The highest BCUT2D eigenvalue weighted by Gasteiger charge is 2.14. The van der Waals surface area contributed by atoms with Gasteiger partial charge in [0.25, 0.3) is 0 Å². The molecule has 3 heteroatoms. The van der Waals surface area contributed by atoms with Crippen LogP contribution >= 0.6 is 11.3 Å². The molecule has 2 nitrogen and oxygen atoms in total. The van der Waals surface area contributed by atoms with Gasteiger partial charge in [0.05, 0.1) is 0 Å². The maximum Gasteiger partial charge on any atom is 0.104 e. The molecule has 0 saturated heterocycles. The molecule has 0 bridgehead atoms. The van der Waals surface area contributed by atoms with Gasteiger partial charge in [0, 0.05) is 23.0 Å². The van der Waals surface area contributed by atoms with E-state index in [4.69, 9.17) is 5.11 Å². The van der Waals surface area contributed by atoms with Gasteiger partial charge in [-0.25, -0.2) is 0 Å². The van der Waals surface area contributed by atoms with Crippen LogP contribution in [-0.2, 0) is 6.54 Å². The van der Waals surface area contributed by atoms with E-state index in [1.165, 1.54) is 24.1 Å². The first-order valence-corrected chi connectivity index (χ1v) is 8.01. The van der Waals surface area contributed by atoms with E-state index in [1.807, 2.05) is 0 Å². The summed E-state index contributed by atoms with van der Waals surface area (Å²) in [4.78, 5) is 3.86. The topological polar surface area (TPSA) is 23.5 Å². The molecule has 1 N–H and O–H groups in total. The number of thiophene rings is 1. The molecular weight excluding hydrogens is 254 g/mol. The van der Waals surface area contributed by atoms with Crippen molar-refractivity contribution in [3.63, 3.8) is 0 Å². The molecule has 1 unspecified atom stereocenters. The molecule has 1 aromatic heterocycles. The summed E-state index contributed by atoms with van der Waals surface area (Å²) >= 11 is 1.76. The maximum absolute atomic E-state index is 8.80. The summed E-state index contributed by atoms with van der Waals surface area (Å²) < 4.78 is 0. The summed E-state index contributed by atoms with van der Waals surface area (Å²) in [5.41, 5.74) is 1.07. The number of aliphatic hydroxyl groups is 1. The third-order valence-electron chi connectivity index (χ3n) is 3.41. The molecule has 1 rings (SSSR count). The lowest BCUT2D eigenvalue weighted by molar-refractivity contribution is 0.194. The van der Waals surface area contributed by atoms with E-state index in [1.54, 1.807) is 11.3 Å². The fourth-order valence-corrected chi connectivity index (χ4v) is 2.82. The summed E-state index contributed by atoms with van der Waals surface area (Å²) in [7, 11) is 0. The Kier molecular flexibility index (Phi) is 7.81. The molecule has 0 radical (unpaired) electrons. The largest absolute Gasteiger partial charge is 0.384 e. The minimum Gasteiger partial charge on any atom is -0.384 e. The van der Waals surface area contributed by atoms with Crippen LogP contribution in [0.15, 0.2) is 11.4 Å². The molecule has 0 aliphatic carbocycles. The smallest absolute Gasteiger partial charge is 0.104 e. The Morgan fingerprint density at radius 2 is 2.21 bits per heavy atom. The van der Waals surface area contributed by atoms with E-state index in [2.05, 4.69) is 49.0 Å². The average Bonchev–Trinajstić information content (AvgIpc) is 2.87. The SMILES string of the molecule is CCCCN(Cc1sccc1C#CCO)C(C)CC. The van der Waals surface area contributed by atoms with Crippen LogP contribution < -0.4 is 0 Å². The van der Waals surface area contributed by atoms with Crippen molar-refractivity contribution in [2.45, 2.75) is 52.6 Å². The van der Waals surface area contributed by atoms with Gasteiger partial charge in [0.15, 0.2) is 0 Å². The summed E-state index contributed by atoms with van der Waals surface area (Å²) in [5, 5.41) is 10.9. The fourth-order valence-electron chi connectivity index (χ4n) is 1.97. The molecule has 0 aliphatic heterocycles. The zero-order valence-electron chi connectivity index (χ0n) is 12.3. The van der Waals surface area contributed by atoms with Crippen LogP contribution in [0.5, 0.6) is 0 Å². The average molecular weight is 279 g/mol. The van der Waals surface area contributed by atoms with E-state index in [-0.39, 0.29) is 6.61 Å². The third-order valence-corrected chi connectivity index (χ3v) is 4.31. The van der Waals surface area contributed by atoms with Gasteiger partial charge in [-0.2, -0.15) is 0 Å². The molecule has 0 spiro atoms. The minimum atomic E-state index is -0.0692. The Balaban J connectivity index is 2.75. The second-order valence-corrected chi connectivity index (χ2v) is 5.80. The number of hydrogen-bond donors (Lipinski definition) is 1. The standard InChI is InChI=1S/C16H25NOS/c1-4-6-10-17(14(3)5-2)13-16-15(8-7-11-18)9-12-19-16/h9,12,14,18H,4-6,10-11,13H2,1-3H3. The van der Waals surface area contributed by atoms with Gasteiger partial charge in [-0.1, -0.05) is 32.1 Å². The van der Waals surface area contributed by atoms with Gasteiger partial charge >= 0.3 is 0 Å². The zero-order valence-corrected chi connectivity index (χ0v) is 13.1. The van der Waals surface area contributed by atoms with Gasteiger partial charge in [0.1, 0.15) is 6.61 Å². The molecule has 0 aliphatic rings. The van der Waals surface area contributed by atoms with Gasteiger partial charge in [-0.3, -0.25) is 4.90 Å². The normalized spacial score (nSPS) is 12.3. The predicted molar refractivity (Wildman–Crippen MR) is 83.4 cm³/mol. The van der Waals surface area contributed by atoms with Crippen molar-refractivity contribution in [1.82, 2.24) is 4.90 Å². The number of aliphatic hydroxyl groups excluding tert-OH is 1. The molecule has 1 heterocycles. The quantitative estimate of drug-likeness (QED) is 0.772. The van der Waals surface area contributed by atoms with Crippen molar-refractivity contribution in [3.05, 3.63) is 21.9 Å². The van der Waals surface area contributed by atoms with E-state index >= 15 is 0 Å². The molecule has 0 saturated carbocycles. The molecule has 19 heavy (non-hydrogen) atoms. The van der Waals surface area contributed by atoms with Crippen LogP contribution in [0.3, 0.4) is 0 Å². The summed E-state index contributed by atoms with van der Waals surface area (Å²) in [6.45, 7) is 8.82. The highest BCUT2D eigenvalue weighted by Crippen LogP contribution is 2.20. The Hall–Kier alpha value is -0.820. The van der Waals surface area contributed by atoms with Crippen molar-refractivity contribution in [3.8, 4) is 11.8 Å². The van der Waals surface area contributed by atoms with Crippen molar-refractivity contribution in [1.29, 1.82) is 0 Å².